The molecule has 1 amide bonds. The highest BCUT2D eigenvalue weighted by Gasteiger charge is 2.28. The van der Waals surface area contributed by atoms with Crippen molar-refractivity contribution in [3.63, 3.8) is 0 Å². The van der Waals surface area contributed by atoms with E-state index in [1.54, 1.807) is 11.3 Å². The smallest absolute Gasteiger partial charge is 0.223 e. The summed E-state index contributed by atoms with van der Waals surface area (Å²) in [6.07, 6.45) is 4.10. The normalized spacial score (nSPS) is 21.1. The minimum Gasteiger partial charge on any atom is -0.376 e. The van der Waals surface area contributed by atoms with E-state index >= 15 is 0 Å². The van der Waals surface area contributed by atoms with Gasteiger partial charge in [0, 0.05) is 37.0 Å². The highest BCUT2D eigenvalue weighted by molar-refractivity contribution is 7.18. The number of hydrogen-bond donors (Lipinski definition) is 1. The van der Waals surface area contributed by atoms with E-state index in [-0.39, 0.29) is 17.9 Å². The molecule has 7 heteroatoms. The van der Waals surface area contributed by atoms with Crippen LogP contribution in [0.25, 0.3) is 10.2 Å². The summed E-state index contributed by atoms with van der Waals surface area (Å²) in [5.74, 6) is 2.12. The molecule has 0 spiro atoms. The maximum absolute atomic E-state index is 12.5. The summed E-state index contributed by atoms with van der Waals surface area (Å²) in [5, 5.41) is 4.28. The molecule has 2 aliphatic heterocycles. The van der Waals surface area contributed by atoms with Crippen LogP contribution in [-0.2, 0) is 9.53 Å². The fourth-order valence-corrected chi connectivity index (χ4v) is 5.15. The first-order valence-electron chi connectivity index (χ1n) is 9.91. The number of nitrogens with one attached hydrogen (secondary N) is 1. The molecule has 2 aliphatic rings. The number of hydrogen-bond acceptors (Lipinski definition) is 6. The Morgan fingerprint density at radius 2 is 2.00 bits per heavy atom. The van der Waals surface area contributed by atoms with Crippen molar-refractivity contribution in [2.45, 2.75) is 52.6 Å². The lowest BCUT2D eigenvalue weighted by molar-refractivity contribution is -0.126. The van der Waals surface area contributed by atoms with E-state index in [2.05, 4.69) is 29.0 Å². The summed E-state index contributed by atoms with van der Waals surface area (Å²) in [6.45, 7) is 9.45. The van der Waals surface area contributed by atoms with Crippen molar-refractivity contribution >= 4 is 33.3 Å². The summed E-state index contributed by atoms with van der Waals surface area (Å²) >= 11 is 1.74. The molecule has 0 aromatic carbocycles. The molecule has 2 saturated heterocycles. The predicted molar refractivity (Wildman–Crippen MR) is 109 cm³/mol. The SMILES string of the molecule is Cc1nc(N2CCC(C(=O)NC[C@H]3CCCO3)CC2)c2c(C)c(C)sc2n1. The van der Waals surface area contributed by atoms with Gasteiger partial charge in [-0.15, -0.1) is 11.3 Å². The van der Waals surface area contributed by atoms with Gasteiger partial charge in [-0.3, -0.25) is 4.79 Å². The summed E-state index contributed by atoms with van der Waals surface area (Å²) in [4.78, 5) is 26.6. The molecule has 1 atom stereocenters. The molecule has 0 saturated carbocycles. The average Bonchev–Trinajstić information content (AvgIpc) is 3.28. The fourth-order valence-electron chi connectivity index (χ4n) is 4.08. The zero-order chi connectivity index (χ0) is 19.0. The zero-order valence-corrected chi connectivity index (χ0v) is 17.2. The molecule has 27 heavy (non-hydrogen) atoms. The Labute approximate surface area is 164 Å². The third kappa shape index (κ3) is 3.80. The number of nitrogens with zero attached hydrogens (tertiary/aromatic N) is 3. The minimum absolute atomic E-state index is 0.0892. The number of anilines is 1. The molecule has 2 aromatic heterocycles. The van der Waals surface area contributed by atoms with Gasteiger partial charge in [0.25, 0.3) is 0 Å². The molecule has 0 aliphatic carbocycles. The maximum Gasteiger partial charge on any atom is 0.223 e. The van der Waals surface area contributed by atoms with Gasteiger partial charge in [-0.05, 0) is 52.0 Å². The molecular formula is C20H28N4O2S. The summed E-state index contributed by atoms with van der Waals surface area (Å²) in [7, 11) is 0. The van der Waals surface area contributed by atoms with Crippen molar-refractivity contribution in [2.24, 2.45) is 5.92 Å². The van der Waals surface area contributed by atoms with Crippen molar-refractivity contribution in [1.82, 2.24) is 15.3 Å². The van der Waals surface area contributed by atoms with Gasteiger partial charge < -0.3 is 15.0 Å². The molecule has 2 fully saturated rings. The lowest BCUT2D eigenvalue weighted by Gasteiger charge is -2.33. The standard InChI is InChI=1S/C20H28N4O2S/c1-12-13(2)27-20-17(12)18(22-14(3)23-20)24-8-6-15(7-9-24)19(25)21-11-16-5-4-10-26-16/h15-16H,4-11H2,1-3H3,(H,21,25)/t16-/m1/s1. The summed E-state index contributed by atoms with van der Waals surface area (Å²) in [5.41, 5.74) is 1.28. The molecule has 6 nitrogen and oxygen atoms in total. The van der Waals surface area contributed by atoms with Crippen LogP contribution >= 0.6 is 11.3 Å². The second-order valence-corrected chi connectivity index (χ2v) is 8.90. The Bertz CT molecular complexity index is 836. The molecule has 2 aromatic rings. The molecular weight excluding hydrogens is 360 g/mol. The molecule has 0 unspecified atom stereocenters. The summed E-state index contributed by atoms with van der Waals surface area (Å²) in [6, 6.07) is 0. The number of piperidine rings is 1. The number of ether oxygens (including phenoxy) is 1. The van der Waals surface area contributed by atoms with Crippen LogP contribution in [0, 0.1) is 26.7 Å². The molecule has 4 heterocycles. The number of fused-ring (bicyclic) bond motifs is 1. The van der Waals surface area contributed by atoms with Crippen LogP contribution in [0.1, 0.15) is 41.9 Å². The highest BCUT2D eigenvalue weighted by Crippen LogP contribution is 2.36. The monoisotopic (exact) mass is 388 g/mol. The van der Waals surface area contributed by atoms with Crippen LogP contribution in [0.2, 0.25) is 0 Å². The van der Waals surface area contributed by atoms with E-state index in [9.17, 15) is 4.79 Å². The lowest BCUT2D eigenvalue weighted by atomic mass is 9.95. The number of rotatable bonds is 4. The van der Waals surface area contributed by atoms with E-state index in [1.165, 1.54) is 15.8 Å². The first kappa shape index (κ1) is 18.6. The first-order valence-corrected chi connectivity index (χ1v) is 10.7. The van der Waals surface area contributed by atoms with Crippen LogP contribution < -0.4 is 10.2 Å². The molecule has 4 rings (SSSR count). The third-order valence-corrected chi connectivity index (χ3v) is 6.92. The van der Waals surface area contributed by atoms with Crippen molar-refractivity contribution in [3.8, 4) is 0 Å². The lowest BCUT2D eigenvalue weighted by Crippen LogP contribution is -2.42. The van der Waals surface area contributed by atoms with Gasteiger partial charge in [0.1, 0.15) is 16.5 Å². The van der Waals surface area contributed by atoms with Crippen LogP contribution in [-0.4, -0.2) is 48.2 Å². The topological polar surface area (TPSA) is 67.4 Å². The highest BCUT2D eigenvalue weighted by atomic mass is 32.1. The first-order chi connectivity index (χ1) is 13.0. The molecule has 0 bridgehead atoms. The van der Waals surface area contributed by atoms with Gasteiger partial charge in [-0.25, -0.2) is 9.97 Å². The Morgan fingerprint density at radius 3 is 2.70 bits per heavy atom. The van der Waals surface area contributed by atoms with Gasteiger partial charge in [0.2, 0.25) is 5.91 Å². The largest absolute Gasteiger partial charge is 0.376 e. The van der Waals surface area contributed by atoms with E-state index in [0.29, 0.717) is 6.54 Å². The number of carbonyl (C=O) groups is 1. The van der Waals surface area contributed by atoms with Gasteiger partial charge in [0.05, 0.1) is 11.5 Å². The van der Waals surface area contributed by atoms with Crippen molar-refractivity contribution < 1.29 is 9.53 Å². The number of thiophene rings is 1. The Balaban J connectivity index is 1.42. The van der Waals surface area contributed by atoms with Gasteiger partial charge in [-0.1, -0.05) is 0 Å². The van der Waals surface area contributed by atoms with Crippen LogP contribution in [0.4, 0.5) is 5.82 Å². The Kier molecular flexibility index (Phi) is 5.32. The predicted octanol–water partition coefficient (Wildman–Crippen LogP) is 3.13. The van der Waals surface area contributed by atoms with Gasteiger partial charge >= 0.3 is 0 Å². The van der Waals surface area contributed by atoms with E-state index in [1.807, 2.05) is 6.92 Å². The van der Waals surface area contributed by atoms with E-state index in [0.717, 1.165) is 61.9 Å². The maximum atomic E-state index is 12.5. The Morgan fingerprint density at radius 1 is 1.22 bits per heavy atom. The van der Waals surface area contributed by atoms with Crippen LogP contribution in [0.3, 0.4) is 0 Å². The fraction of sp³-hybridized carbons (Fsp3) is 0.650. The van der Waals surface area contributed by atoms with Crippen molar-refractivity contribution in [2.75, 3.05) is 31.1 Å². The second kappa shape index (κ2) is 7.72. The second-order valence-electron chi connectivity index (χ2n) is 7.70. The van der Waals surface area contributed by atoms with Crippen LogP contribution in [0.15, 0.2) is 0 Å². The van der Waals surface area contributed by atoms with Crippen molar-refractivity contribution in [1.29, 1.82) is 0 Å². The van der Waals surface area contributed by atoms with Crippen molar-refractivity contribution in [3.05, 3.63) is 16.3 Å². The minimum atomic E-state index is 0.0892. The average molecular weight is 389 g/mol. The quantitative estimate of drug-likeness (QED) is 0.872. The number of amides is 1. The molecule has 0 radical (unpaired) electrons. The Hall–Kier alpha value is -1.73. The van der Waals surface area contributed by atoms with E-state index in [4.69, 9.17) is 9.72 Å². The zero-order valence-electron chi connectivity index (χ0n) is 16.4. The van der Waals surface area contributed by atoms with E-state index < -0.39 is 0 Å². The number of aromatic nitrogens is 2. The number of carbonyl (C=O) groups excluding carboxylic acids is 1. The molecule has 1 N–H and O–H groups in total. The van der Waals surface area contributed by atoms with Gasteiger partial charge in [0.15, 0.2) is 0 Å². The molecule has 146 valence electrons. The van der Waals surface area contributed by atoms with Crippen LogP contribution in [0.5, 0.6) is 0 Å². The number of aryl methyl sites for hydroxylation is 3. The summed E-state index contributed by atoms with van der Waals surface area (Å²) < 4.78 is 5.59. The van der Waals surface area contributed by atoms with Gasteiger partial charge in [-0.2, -0.15) is 0 Å². The third-order valence-electron chi connectivity index (χ3n) is 5.81.